The van der Waals surface area contributed by atoms with Gasteiger partial charge in [-0.1, -0.05) is 63.2 Å². The van der Waals surface area contributed by atoms with Crippen molar-refractivity contribution in [3.05, 3.63) is 65.7 Å². The lowest BCUT2D eigenvalue weighted by atomic mass is 9.66. The van der Waals surface area contributed by atoms with E-state index in [2.05, 4.69) is 10.6 Å². The minimum atomic E-state index is -1.15. The molecule has 158 valence electrons. The number of hydrogen-bond donors (Lipinski definition) is 4. The van der Waals surface area contributed by atoms with E-state index < -0.39 is 23.2 Å². The van der Waals surface area contributed by atoms with Crippen molar-refractivity contribution >= 4 is 6.09 Å². The van der Waals surface area contributed by atoms with Gasteiger partial charge >= 0.3 is 6.09 Å². The molecule has 0 saturated heterocycles. The number of aliphatic hydroxyl groups is 1. The van der Waals surface area contributed by atoms with Crippen LogP contribution in [0.2, 0.25) is 0 Å². The average Bonchev–Trinajstić information content (AvgIpc) is 2.67. The Hall–Kier alpha value is -2.57. The molecule has 6 heteroatoms. The molecular weight excluding hydrogens is 368 g/mol. The van der Waals surface area contributed by atoms with Gasteiger partial charge in [-0.3, -0.25) is 0 Å². The number of carboxylic acid groups (broad SMARTS) is 1. The Bertz CT molecular complexity index is 789. The largest absolute Gasteiger partial charge is 0.497 e. The Morgan fingerprint density at radius 3 is 2.31 bits per heavy atom. The first-order chi connectivity index (χ1) is 13.7. The van der Waals surface area contributed by atoms with E-state index in [9.17, 15) is 15.0 Å². The van der Waals surface area contributed by atoms with Gasteiger partial charge in [0.15, 0.2) is 0 Å². The highest BCUT2D eigenvalue weighted by Gasteiger charge is 2.48. The highest BCUT2D eigenvalue weighted by Crippen LogP contribution is 2.36. The van der Waals surface area contributed by atoms with Crippen LogP contribution in [0.3, 0.4) is 0 Å². The summed E-state index contributed by atoms with van der Waals surface area (Å²) in [6.45, 7) is 6.60. The third-order valence-corrected chi connectivity index (χ3v) is 5.36. The summed E-state index contributed by atoms with van der Waals surface area (Å²) in [5, 5.41) is 26.6. The molecule has 0 aliphatic heterocycles. The molecule has 0 radical (unpaired) electrons. The van der Waals surface area contributed by atoms with Crippen LogP contribution in [-0.4, -0.2) is 41.6 Å². The van der Waals surface area contributed by atoms with Crippen molar-refractivity contribution in [2.75, 3.05) is 13.7 Å². The molecule has 6 nitrogen and oxygen atoms in total. The van der Waals surface area contributed by atoms with Gasteiger partial charge in [-0.05, 0) is 35.1 Å². The molecule has 2 aromatic carbocycles. The van der Waals surface area contributed by atoms with Crippen molar-refractivity contribution in [2.24, 2.45) is 5.41 Å². The zero-order chi connectivity index (χ0) is 21.5. The van der Waals surface area contributed by atoms with Crippen LogP contribution in [0.4, 0.5) is 4.79 Å². The number of amides is 1. The van der Waals surface area contributed by atoms with Crippen molar-refractivity contribution in [3.63, 3.8) is 0 Å². The third kappa shape index (κ3) is 5.95. The number of benzene rings is 2. The SMILES string of the molecule is COc1cccc(CNC[C@@H](O)[C@](Cc2ccccc2)(NC(=O)O)C(C)(C)C)c1. The van der Waals surface area contributed by atoms with E-state index in [4.69, 9.17) is 4.74 Å². The molecule has 0 fully saturated rings. The second kappa shape index (κ2) is 9.76. The normalized spacial score (nSPS) is 14.7. The maximum absolute atomic E-state index is 11.7. The first-order valence-electron chi connectivity index (χ1n) is 9.75. The van der Waals surface area contributed by atoms with Gasteiger partial charge in [0.05, 0.1) is 18.8 Å². The quantitative estimate of drug-likeness (QED) is 0.518. The molecule has 29 heavy (non-hydrogen) atoms. The van der Waals surface area contributed by atoms with Crippen LogP contribution in [0.25, 0.3) is 0 Å². The number of hydrogen-bond acceptors (Lipinski definition) is 4. The summed E-state index contributed by atoms with van der Waals surface area (Å²) in [7, 11) is 1.62. The van der Waals surface area contributed by atoms with Crippen molar-refractivity contribution in [2.45, 2.75) is 45.4 Å². The van der Waals surface area contributed by atoms with Gasteiger partial charge < -0.3 is 25.6 Å². The maximum Gasteiger partial charge on any atom is 0.405 e. The molecule has 0 bridgehead atoms. The fraction of sp³-hybridized carbons (Fsp3) is 0.435. The highest BCUT2D eigenvalue weighted by atomic mass is 16.5. The first kappa shape index (κ1) is 22.7. The molecule has 0 aliphatic rings. The summed E-state index contributed by atoms with van der Waals surface area (Å²) < 4.78 is 5.24. The fourth-order valence-corrected chi connectivity index (χ4v) is 3.62. The van der Waals surface area contributed by atoms with Crippen molar-refractivity contribution in [1.82, 2.24) is 10.6 Å². The van der Waals surface area contributed by atoms with Gasteiger partial charge in [-0.25, -0.2) is 4.79 Å². The lowest BCUT2D eigenvalue weighted by molar-refractivity contribution is -0.00886. The Morgan fingerprint density at radius 2 is 1.72 bits per heavy atom. The van der Waals surface area contributed by atoms with Gasteiger partial charge in [0, 0.05) is 13.1 Å². The molecule has 1 amide bonds. The molecule has 0 unspecified atom stereocenters. The van der Waals surface area contributed by atoms with Gasteiger partial charge in [-0.15, -0.1) is 0 Å². The predicted octanol–water partition coefficient (Wildman–Crippen LogP) is 3.44. The Labute approximate surface area is 172 Å². The van der Waals surface area contributed by atoms with Crippen molar-refractivity contribution in [3.8, 4) is 5.75 Å². The lowest BCUT2D eigenvalue weighted by Gasteiger charge is -2.48. The molecule has 0 aromatic heterocycles. The number of ether oxygens (including phenoxy) is 1. The van der Waals surface area contributed by atoms with Crippen LogP contribution in [0, 0.1) is 5.41 Å². The van der Waals surface area contributed by atoms with Crippen molar-refractivity contribution < 1.29 is 19.7 Å². The Kier molecular flexibility index (Phi) is 7.65. The van der Waals surface area contributed by atoms with Gasteiger partial charge in [0.1, 0.15) is 5.75 Å². The topological polar surface area (TPSA) is 90.8 Å². The summed E-state index contributed by atoms with van der Waals surface area (Å²) >= 11 is 0. The summed E-state index contributed by atoms with van der Waals surface area (Å²) in [5.74, 6) is 0.769. The molecule has 0 saturated carbocycles. The van der Waals surface area contributed by atoms with Crippen LogP contribution in [-0.2, 0) is 13.0 Å². The van der Waals surface area contributed by atoms with Crippen LogP contribution in [0.15, 0.2) is 54.6 Å². The molecule has 0 heterocycles. The first-order valence-corrected chi connectivity index (χ1v) is 9.75. The van der Waals surface area contributed by atoms with Gasteiger partial charge in [-0.2, -0.15) is 0 Å². The molecule has 2 rings (SSSR count). The minimum Gasteiger partial charge on any atom is -0.497 e. The smallest absolute Gasteiger partial charge is 0.405 e. The summed E-state index contributed by atoms with van der Waals surface area (Å²) in [6.07, 6.45) is -1.71. The fourth-order valence-electron chi connectivity index (χ4n) is 3.62. The molecule has 0 aliphatic carbocycles. The molecule has 2 atom stereocenters. The van der Waals surface area contributed by atoms with E-state index in [0.717, 1.165) is 16.9 Å². The number of nitrogens with one attached hydrogen (secondary N) is 2. The summed E-state index contributed by atoms with van der Waals surface area (Å²) in [5.41, 5.74) is 0.384. The highest BCUT2D eigenvalue weighted by molar-refractivity contribution is 5.66. The van der Waals surface area contributed by atoms with E-state index in [-0.39, 0.29) is 6.54 Å². The number of rotatable bonds is 9. The van der Waals surface area contributed by atoms with E-state index in [1.54, 1.807) is 7.11 Å². The van der Waals surface area contributed by atoms with E-state index in [1.165, 1.54) is 0 Å². The third-order valence-electron chi connectivity index (χ3n) is 5.36. The van der Waals surface area contributed by atoms with Crippen LogP contribution < -0.4 is 15.4 Å². The van der Waals surface area contributed by atoms with Crippen molar-refractivity contribution in [1.29, 1.82) is 0 Å². The standard InChI is InChI=1S/C23H32N2O4/c1-22(2,3)23(25-21(27)28,14-17-9-6-5-7-10-17)20(26)16-24-15-18-11-8-12-19(13-18)29-4/h5-13,20,24-26H,14-16H2,1-4H3,(H,27,28)/t20-,23+/m1/s1. The summed E-state index contributed by atoms with van der Waals surface area (Å²) in [6, 6.07) is 17.3. The van der Waals surface area contributed by atoms with Crippen LogP contribution in [0.1, 0.15) is 31.9 Å². The zero-order valence-electron chi connectivity index (χ0n) is 17.6. The Morgan fingerprint density at radius 1 is 1.07 bits per heavy atom. The average molecular weight is 401 g/mol. The monoisotopic (exact) mass is 400 g/mol. The molecular formula is C23H32N2O4. The van der Waals surface area contributed by atoms with Crippen LogP contribution >= 0.6 is 0 Å². The second-order valence-electron chi connectivity index (χ2n) is 8.31. The van der Waals surface area contributed by atoms with Crippen LogP contribution in [0.5, 0.6) is 5.75 Å². The van der Waals surface area contributed by atoms with E-state index in [1.807, 2.05) is 75.4 Å². The van der Waals surface area contributed by atoms with E-state index in [0.29, 0.717) is 13.0 Å². The molecule has 0 spiro atoms. The molecule has 4 N–H and O–H groups in total. The Balaban J connectivity index is 2.20. The minimum absolute atomic E-state index is 0.238. The van der Waals surface area contributed by atoms with Gasteiger partial charge in [0.25, 0.3) is 0 Å². The van der Waals surface area contributed by atoms with E-state index >= 15 is 0 Å². The predicted molar refractivity (Wildman–Crippen MR) is 114 cm³/mol. The summed E-state index contributed by atoms with van der Waals surface area (Å²) in [4.78, 5) is 11.7. The number of aliphatic hydroxyl groups excluding tert-OH is 1. The number of carbonyl (C=O) groups is 1. The van der Waals surface area contributed by atoms with Gasteiger partial charge in [0.2, 0.25) is 0 Å². The lowest BCUT2D eigenvalue weighted by Crippen LogP contribution is -2.67. The molecule has 2 aromatic rings. The maximum atomic E-state index is 11.7. The number of methoxy groups -OCH3 is 1. The zero-order valence-corrected chi connectivity index (χ0v) is 17.6. The second-order valence-corrected chi connectivity index (χ2v) is 8.31.